The van der Waals surface area contributed by atoms with Crippen LogP contribution in [0.1, 0.15) is 11.1 Å². The molecule has 0 N–H and O–H groups in total. The number of rotatable bonds is 1. The zero-order valence-electron chi connectivity index (χ0n) is 8.81. The van der Waals surface area contributed by atoms with E-state index in [4.69, 9.17) is 4.42 Å². The standard InChI is InChI=1S/C12H8F4O/c1-7-9(13)5-4-8(10-3-2-6-17-10)11(7)12(14,15)16/h2-6H,1H3. The lowest BCUT2D eigenvalue weighted by molar-refractivity contribution is -0.137. The predicted molar refractivity (Wildman–Crippen MR) is 53.8 cm³/mol. The van der Waals surface area contributed by atoms with Crippen LogP contribution in [0.25, 0.3) is 11.3 Å². The van der Waals surface area contributed by atoms with Crippen LogP contribution in [0.4, 0.5) is 17.6 Å². The van der Waals surface area contributed by atoms with Gasteiger partial charge < -0.3 is 4.42 Å². The zero-order valence-corrected chi connectivity index (χ0v) is 8.81. The first-order chi connectivity index (χ1) is 7.91. The van der Waals surface area contributed by atoms with Crippen molar-refractivity contribution in [3.63, 3.8) is 0 Å². The van der Waals surface area contributed by atoms with Crippen molar-refractivity contribution in [3.05, 3.63) is 47.5 Å². The van der Waals surface area contributed by atoms with E-state index in [9.17, 15) is 17.6 Å². The molecule has 1 nitrogen and oxygen atoms in total. The summed E-state index contributed by atoms with van der Waals surface area (Å²) < 4.78 is 56.7. The molecule has 1 aromatic heterocycles. The third-order valence-electron chi connectivity index (χ3n) is 2.47. The molecule has 17 heavy (non-hydrogen) atoms. The lowest BCUT2D eigenvalue weighted by Gasteiger charge is -2.14. The monoisotopic (exact) mass is 244 g/mol. The van der Waals surface area contributed by atoms with Crippen LogP contribution in [0.2, 0.25) is 0 Å². The van der Waals surface area contributed by atoms with Gasteiger partial charge in [0, 0.05) is 5.56 Å². The van der Waals surface area contributed by atoms with E-state index in [0.717, 1.165) is 19.1 Å². The van der Waals surface area contributed by atoms with Crippen LogP contribution in [0.15, 0.2) is 34.9 Å². The van der Waals surface area contributed by atoms with Crippen LogP contribution in [0.5, 0.6) is 0 Å². The van der Waals surface area contributed by atoms with E-state index in [1.54, 1.807) is 0 Å². The van der Waals surface area contributed by atoms with E-state index in [0.29, 0.717) is 0 Å². The third-order valence-corrected chi connectivity index (χ3v) is 2.47. The Bertz CT molecular complexity index is 526. The van der Waals surface area contributed by atoms with Gasteiger partial charge in [-0.05, 0) is 36.8 Å². The fourth-order valence-electron chi connectivity index (χ4n) is 1.69. The molecule has 0 unspecified atom stereocenters. The van der Waals surface area contributed by atoms with Gasteiger partial charge >= 0.3 is 6.18 Å². The van der Waals surface area contributed by atoms with Crippen LogP contribution in [-0.2, 0) is 6.18 Å². The summed E-state index contributed by atoms with van der Waals surface area (Å²) in [5.74, 6) is -0.812. The zero-order chi connectivity index (χ0) is 12.6. The smallest absolute Gasteiger partial charge is 0.417 e. The maximum absolute atomic E-state index is 13.2. The highest BCUT2D eigenvalue weighted by Gasteiger charge is 2.37. The highest BCUT2D eigenvalue weighted by molar-refractivity contribution is 5.65. The summed E-state index contributed by atoms with van der Waals surface area (Å²) in [7, 11) is 0. The molecule has 0 fully saturated rings. The van der Waals surface area contributed by atoms with Crippen LogP contribution in [0, 0.1) is 12.7 Å². The van der Waals surface area contributed by atoms with Crippen molar-refractivity contribution >= 4 is 0 Å². The molecule has 0 aliphatic heterocycles. The van der Waals surface area contributed by atoms with Gasteiger partial charge in [-0.2, -0.15) is 13.2 Å². The van der Waals surface area contributed by atoms with Gasteiger partial charge in [0.15, 0.2) is 0 Å². The van der Waals surface area contributed by atoms with Gasteiger partial charge in [-0.15, -0.1) is 0 Å². The predicted octanol–water partition coefficient (Wildman–Crippen LogP) is 4.41. The summed E-state index contributed by atoms with van der Waals surface area (Å²) in [6, 6.07) is 4.96. The molecule has 0 atom stereocenters. The SMILES string of the molecule is Cc1c(F)ccc(-c2ccco2)c1C(F)(F)F. The molecular weight excluding hydrogens is 236 g/mol. The Balaban J connectivity index is 2.73. The molecule has 0 amide bonds. The molecule has 90 valence electrons. The van der Waals surface area contributed by atoms with E-state index >= 15 is 0 Å². The van der Waals surface area contributed by atoms with Crippen LogP contribution < -0.4 is 0 Å². The van der Waals surface area contributed by atoms with Crippen molar-refractivity contribution in [3.8, 4) is 11.3 Å². The van der Waals surface area contributed by atoms with E-state index in [1.165, 1.54) is 18.4 Å². The molecule has 0 radical (unpaired) electrons. The maximum atomic E-state index is 13.2. The number of furan rings is 1. The van der Waals surface area contributed by atoms with Crippen molar-refractivity contribution in [1.29, 1.82) is 0 Å². The Morgan fingerprint density at radius 3 is 2.35 bits per heavy atom. The average molecular weight is 244 g/mol. The second-order valence-corrected chi connectivity index (χ2v) is 3.57. The summed E-state index contributed by atoms with van der Waals surface area (Å²) in [4.78, 5) is 0. The number of alkyl halides is 3. The van der Waals surface area contributed by atoms with Crippen molar-refractivity contribution in [1.82, 2.24) is 0 Å². The van der Waals surface area contributed by atoms with Crippen LogP contribution in [0.3, 0.4) is 0 Å². The largest absolute Gasteiger partial charge is 0.464 e. The Morgan fingerprint density at radius 2 is 1.82 bits per heavy atom. The molecule has 2 rings (SSSR count). The normalized spacial score (nSPS) is 11.8. The molecule has 0 aliphatic carbocycles. The highest BCUT2D eigenvalue weighted by atomic mass is 19.4. The van der Waals surface area contributed by atoms with Crippen molar-refractivity contribution < 1.29 is 22.0 Å². The molecule has 1 aromatic carbocycles. The maximum Gasteiger partial charge on any atom is 0.417 e. The minimum atomic E-state index is -4.62. The molecule has 0 spiro atoms. The second-order valence-electron chi connectivity index (χ2n) is 3.57. The van der Waals surface area contributed by atoms with Crippen LogP contribution in [-0.4, -0.2) is 0 Å². The van der Waals surface area contributed by atoms with Gasteiger partial charge in [0.1, 0.15) is 11.6 Å². The van der Waals surface area contributed by atoms with Gasteiger partial charge in [0.25, 0.3) is 0 Å². The molecule has 1 heterocycles. The molecule has 5 heteroatoms. The molecular formula is C12H8F4O. The quantitative estimate of drug-likeness (QED) is 0.677. The molecule has 0 saturated heterocycles. The summed E-state index contributed by atoms with van der Waals surface area (Å²) in [5.41, 5.74) is -1.57. The minimum absolute atomic E-state index is 0.0698. The summed E-state index contributed by atoms with van der Waals surface area (Å²) in [5, 5.41) is 0. The fourth-order valence-corrected chi connectivity index (χ4v) is 1.69. The van der Waals surface area contributed by atoms with Crippen LogP contribution >= 0.6 is 0 Å². The fraction of sp³-hybridized carbons (Fsp3) is 0.167. The van der Waals surface area contributed by atoms with E-state index in [2.05, 4.69) is 0 Å². The van der Waals surface area contributed by atoms with Crippen molar-refractivity contribution in [2.24, 2.45) is 0 Å². The molecule has 0 aliphatic rings. The van der Waals surface area contributed by atoms with Gasteiger partial charge in [-0.3, -0.25) is 0 Å². The number of benzene rings is 1. The summed E-state index contributed by atoms with van der Waals surface area (Å²) in [6.45, 7) is 1.10. The number of hydrogen-bond donors (Lipinski definition) is 0. The summed E-state index contributed by atoms with van der Waals surface area (Å²) >= 11 is 0. The lowest BCUT2D eigenvalue weighted by Crippen LogP contribution is -2.11. The molecule has 0 saturated carbocycles. The van der Waals surface area contributed by atoms with Crippen molar-refractivity contribution in [2.45, 2.75) is 13.1 Å². The second kappa shape index (κ2) is 3.91. The number of halogens is 4. The summed E-state index contributed by atoms with van der Waals surface area (Å²) in [6.07, 6.45) is -3.34. The van der Waals surface area contributed by atoms with Gasteiger partial charge in [0.05, 0.1) is 11.8 Å². The van der Waals surface area contributed by atoms with E-state index in [1.807, 2.05) is 0 Å². The molecule has 2 aromatic rings. The van der Waals surface area contributed by atoms with Gasteiger partial charge in [-0.1, -0.05) is 0 Å². The Kier molecular flexibility index (Phi) is 2.69. The minimum Gasteiger partial charge on any atom is -0.464 e. The molecule has 0 bridgehead atoms. The number of hydrogen-bond acceptors (Lipinski definition) is 1. The van der Waals surface area contributed by atoms with E-state index in [-0.39, 0.29) is 11.3 Å². The lowest BCUT2D eigenvalue weighted by atomic mass is 9.99. The Labute approximate surface area is 94.7 Å². The topological polar surface area (TPSA) is 13.1 Å². The van der Waals surface area contributed by atoms with Crippen molar-refractivity contribution in [2.75, 3.05) is 0 Å². The Hall–Kier alpha value is -1.78. The Morgan fingerprint density at radius 1 is 1.12 bits per heavy atom. The first kappa shape index (κ1) is 11.7. The van der Waals surface area contributed by atoms with Gasteiger partial charge in [0.2, 0.25) is 0 Å². The van der Waals surface area contributed by atoms with E-state index < -0.39 is 23.1 Å². The average Bonchev–Trinajstić information content (AvgIpc) is 2.73. The first-order valence-corrected chi connectivity index (χ1v) is 4.81. The highest BCUT2D eigenvalue weighted by Crippen LogP contribution is 2.40. The first-order valence-electron chi connectivity index (χ1n) is 4.81. The third kappa shape index (κ3) is 2.05. The van der Waals surface area contributed by atoms with Gasteiger partial charge in [-0.25, -0.2) is 4.39 Å².